The molecule has 1 atom stereocenters. The van der Waals surface area contributed by atoms with Crippen LogP contribution in [0.4, 0.5) is 0 Å². The van der Waals surface area contributed by atoms with Crippen molar-refractivity contribution >= 4 is 27.9 Å². The lowest BCUT2D eigenvalue weighted by molar-refractivity contribution is -0.135. The van der Waals surface area contributed by atoms with Crippen LogP contribution < -0.4 is 20.3 Å². The first kappa shape index (κ1) is 21.7. The lowest BCUT2D eigenvalue weighted by Crippen LogP contribution is -2.25. The predicted molar refractivity (Wildman–Crippen MR) is 131 cm³/mol. The van der Waals surface area contributed by atoms with Crippen LogP contribution in [0.3, 0.4) is 0 Å². The Morgan fingerprint density at radius 2 is 1.81 bits per heavy atom. The van der Waals surface area contributed by atoms with Gasteiger partial charge in [0.25, 0.3) is 0 Å². The van der Waals surface area contributed by atoms with Gasteiger partial charge in [-0.2, -0.15) is 0 Å². The first-order valence-electron chi connectivity index (χ1n) is 11.1. The molecule has 0 aliphatic carbocycles. The molecule has 1 aliphatic heterocycles. The molecule has 6 rings (SSSR count). The van der Waals surface area contributed by atoms with Gasteiger partial charge in [0, 0.05) is 34.7 Å². The average Bonchev–Trinajstić information content (AvgIpc) is 2.88. The molecule has 5 aromatic rings. The van der Waals surface area contributed by atoms with Gasteiger partial charge in [0.05, 0.1) is 25.2 Å². The fourth-order valence-electron chi connectivity index (χ4n) is 4.66. The first-order valence-corrected chi connectivity index (χ1v) is 11.1. The zero-order valence-corrected chi connectivity index (χ0v) is 18.9. The molecule has 36 heavy (non-hydrogen) atoms. The van der Waals surface area contributed by atoms with E-state index in [9.17, 15) is 19.5 Å². The molecule has 0 radical (unpaired) electrons. The Morgan fingerprint density at radius 3 is 2.58 bits per heavy atom. The Hall–Kier alpha value is -4.85. The Bertz CT molecular complexity index is 1800. The first-order chi connectivity index (χ1) is 17.4. The molecule has 3 aromatic carbocycles. The SMILES string of the molecule is COc1ccc2occ([C@H]3CC(=O)Oc4cc(O)c5c(=O)cc(-c6ccccc6)oc5c43)c(=O)c2c1. The van der Waals surface area contributed by atoms with E-state index in [2.05, 4.69) is 0 Å². The maximum absolute atomic E-state index is 13.6. The number of fused-ring (bicyclic) bond motifs is 4. The van der Waals surface area contributed by atoms with Gasteiger partial charge < -0.3 is 23.4 Å². The normalized spacial score (nSPS) is 15.0. The minimum absolute atomic E-state index is 0.0137. The third-order valence-corrected chi connectivity index (χ3v) is 6.36. The summed E-state index contributed by atoms with van der Waals surface area (Å²) in [5.74, 6) is -1.07. The van der Waals surface area contributed by atoms with Gasteiger partial charge in [-0.05, 0) is 18.2 Å². The van der Waals surface area contributed by atoms with Crippen LogP contribution in [-0.2, 0) is 4.79 Å². The molecular formula is C28H18O8. The maximum Gasteiger partial charge on any atom is 0.312 e. The summed E-state index contributed by atoms with van der Waals surface area (Å²) < 4.78 is 22.5. The number of phenolic OH excluding ortho intramolecular Hbond substituents is 1. The number of methoxy groups -OCH3 is 1. The standard InChI is InChI=1S/C28H18O8/c1-33-15-7-8-21-17(9-15)27(32)18(13-34-21)16-10-24(31)35-23-12-20(30)26-19(29)11-22(36-28(26)25(16)23)14-5-3-2-4-6-14/h2-9,11-13,16,30H,10H2,1H3/t16-/m1/s1. The van der Waals surface area contributed by atoms with Crippen LogP contribution in [0.25, 0.3) is 33.3 Å². The molecule has 0 spiro atoms. The molecule has 178 valence electrons. The number of ether oxygens (including phenoxy) is 2. The van der Waals surface area contributed by atoms with E-state index >= 15 is 0 Å². The van der Waals surface area contributed by atoms with E-state index in [4.69, 9.17) is 18.3 Å². The molecule has 1 N–H and O–H groups in total. The highest BCUT2D eigenvalue weighted by atomic mass is 16.5. The zero-order chi connectivity index (χ0) is 25.0. The van der Waals surface area contributed by atoms with Gasteiger partial charge >= 0.3 is 5.97 Å². The summed E-state index contributed by atoms with van der Waals surface area (Å²) in [4.78, 5) is 39.2. The molecule has 8 nitrogen and oxygen atoms in total. The molecule has 0 saturated heterocycles. The quantitative estimate of drug-likeness (QED) is 0.290. The third kappa shape index (κ3) is 3.34. The monoisotopic (exact) mass is 482 g/mol. The molecule has 2 aromatic heterocycles. The van der Waals surface area contributed by atoms with Gasteiger partial charge in [0.1, 0.15) is 39.6 Å². The number of phenols is 1. The van der Waals surface area contributed by atoms with Crippen LogP contribution in [-0.4, -0.2) is 18.2 Å². The lowest BCUT2D eigenvalue weighted by Gasteiger charge is -2.25. The van der Waals surface area contributed by atoms with Crippen LogP contribution in [0, 0.1) is 0 Å². The second kappa shape index (κ2) is 8.13. The van der Waals surface area contributed by atoms with Crippen molar-refractivity contribution in [1.82, 2.24) is 0 Å². The van der Waals surface area contributed by atoms with Crippen LogP contribution in [0.15, 0.2) is 85.4 Å². The van der Waals surface area contributed by atoms with Gasteiger partial charge in [0.2, 0.25) is 0 Å². The zero-order valence-electron chi connectivity index (χ0n) is 18.9. The molecule has 3 heterocycles. The summed E-state index contributed by atoms with van der Waals surface area (Å²) in [6.45, 7) is 0. The second-order valence-corrected chi connectivity index (χ2v) is 8.47. The summed E-state index contributed by atoms with van der Waals surface area (Å²) in [5, 5.41) is 10.8. The van der Waals surface area contributed by atoms with Crippen molar-refractivity contribution in [3.8, 4) is 28.6 Å². The van der Waals surface area contributed by atoms with Crippen molar-refractivity contribution in [2.24, 2.45) is 0 Å². The molecule has 0 unspecified atom stereocenters. The van der Waals surface area contributed by atoms with Crippen molar-refractivity contribution in [2.75, 3.05) is 7.11 Å². The summed E-state index contributed by atoms with van der Waals surface area (Å²) in [6, 6.07) is 16.4. The average molecular weight is 482 g/mol. The Labute approximate surface area is 202 Å². The molecule has 0 bridgehead atoms. The molecule has 0 fully saturated rings. The molecular weight excluding hydrogens is 464 g/mol. The van der Waals surface area contributed by atoms with E-state index in [0.717, 1.165) is 0 Å². The van der Waals surface area contributed by atoms with Crippen LogP contribution in [0.5, 0.6) is 17.2 Å². The number of hydrogen-bond acceptors (Lipinski definition) is 8. The number of aromatic hydroxyl groups is 1. The smallest absolute Gasteiger partial charge is 0.312 e. The Morgan fingerprint density at radius 1 is 1.00 bits per heavy atom. The highest BCUT2D eigenvalue weighted by molar-refractivity contribution is 5.93. The third-order valence-electron chi connectivity index (χ3n) is 6.36. The highest BCUT2D eigenvalue weighted by Gasteiger charge is 2.35. The Balaban J connectivity index is 1.66. The summed E-state index contributed by atoms with van der Waals surface area (Å²) >= 11 is 0. The number of carbonyl (C=O) groups is 1. The van der Waals surface area contributed by atoms with E-state index < -0.39 is 17.3 Å². The van der Waals surface area contributed by atoms with E-state index in [1.807, 2.05) is 6.07 Å². The van der Waals surface area contributed by atoms with Crippen molar-refractivity contribution < 1.29 is 28.2 Å². The molecule has 0 amide bonds. The van der Waals surface area contributed by atoms with E-state index in [0.29, 0.717) is 22.5 Å². The number of carbonyl (C=O) groups excluding carboxylic acids is 1. The summed E-state index contributed by atoms with van der Waals surface area (Å²) in [7, 11) is 1.49. The van der Waals surface area contributed by atoms with Gasteiger partial charge in [0.15, 0.2) is 10.9 Å². The molecule has 0 saturated carbocycles. The Kier molecular flexibility index (Phi) is 4.89. The van der Waals surface area contributed by atoms with Crippen molar-refractivity contribution in [2.45, 2.75) is 12.3 Å². The lowest BCUT2D eigenvalue weighted by atomic mass is 9.85. The van der Waals surface area contributed by atoms with Crippen LogP contribution in [0.1, 0.15) is 23.5 Å². The minimum Gasteiger partial charge on any atom is -0.507 e. The summed E-state index contributed by atoms with van der Waals surface area (Å²) in [5.41, 5.74) is 0.719. The van der Waals surface area contributed by atoms with E-state index in [1.165, 1.54) is 25.5 Å². The number of benzene rings is 3. The van der Waals surface area contributed by atoms with Gasteiger partial charge in [-0.3, -0.25) is 14.4 Å². The van der Waals surface area contributed by atoms with Crippen molar-refractivity contribution in [1.29, 1.82) is 0 Å². The highest BCUT2D eigenvalue weighted by Crippen LogP contribution is 2.45. The predicted octanol–water partition coefficient (Wildman–Crippen LogP) is 4.72. The number of rotatable bonds is 3. The molecule has 1 aliphatic rings. The second-order valence-electron chi connectivity index (χ2n) is 8.47. The number of esters is 1. The summed E-state index contributed by atoms with van der Waals surface area (Å²) in [6.07, 6.45) is 1.12. The number of hydrogen-bond donors (Lipinski definition) is 1. The van der Waals surface area contributed by atoms with Crippen LogP contribution >= 0.6 is 0 Å². The fourth-order valence-corrected chi connectivity index (χ4v) is 4.66. The maximum atomic E-state index is 13.6. The van der Waals surface area contributed by atoms with Gasteiger partial charge in [-0.1, -0.05) is 30.3 Å². The largest absolute Gasteiger partial charge is 0.507 e. The molecule has 8 heteroatoms. The minimum atomic E-state index is -0.842. The fraction of sp³-hybridized carbons (Fsp3) is 0.107. The van der Waals surface area contributed by atoms with Crippen molar-refractivity contribution in [3.05, 3.63) is 98.5 Å². The topological polar surface area (TPSA) is 116 Å². The van der Waals surface area contributed by atoms with E-state index in [-0.39, 0.29) is 51.0 Å². The van der Waals surface area contributed by atoms with Crippen LogP contribution in [0.2, 0.25) is 0 Å². The van der Waals surface area contributed by atoms with Crippen molar-refractivity contribution in [3.63, 3.8) is 0 Å². The van der Waals surface area contributed by atoms with Gasteiger partial charge in [-0.25, -0.2) is 0 Å². The van der Waals surface area contributed by atoms with E-state index in [1.54, 1.807) is 42.5 Å². The van der Waals surface area contributed by atoms with Gasteiger partial charge in [-0.15, -0.1) is 0 Å².